The first kappa shape index (κ1) is 16.8. The molecule has 0 aromatic carbocycles. The number of aliphatic imine (C=N–C) groups is 1. The van der Waals surface area contributed by atoms with Crippen molar-refractivity contribution in [2.24, 2.45) is 4.99 Å². The number of hydrogen-bond acceptors (Lipinski definition) is 7. The van der Waals surface area contributed by atoms with Crippen LogP contribution in [0.1, 0.15) is 26.7 Å². The second-order valence-corrected chi connectivity index (χ2v) is 7.51. The number of thiophene rings is 1. The summed E-state index contributed by atoms with van der Waals surface area (Å²) in [6.45, 7) is 4.04. The molecule has 2 N–H and O–H groups in total. The predicted molar refractivity (Wildman–Crippen MR) is 98.0 cm³/mol. The molecule has 0 atom stereocenters. The molecule has 0 unspecified atom stereocenters. The molecule has 0 bridgehead atoms. The number of aliphatic hydroxyl groups excluding tert-OH is 1. The highest BCUT2D eigenvalue weighted by molar-refractivity contribution is 7.16. The van der Waals surface area contributed by atoms with Crippen LogP contribution in [0.2, 0.25) is 0 Å². The molecule has 7 heteroatoms. The number of rotatable bonds is 5. The number of aromatic hydroxyl groups is 1. The Morgan fingerprint density at radius 1 is 1.29 bits per heavy atom. The number of aryl methyl sites for hydroxylation is 2. The van der Waals surface area contributed by atoms with Gasteiger partial charge in [0.25, 0.3) is 0 Å². The van der Waals surface area contributed by atoms with Gasteiger partial charge in [-0.15, -0.1) is 22.7 Å². The minimum Gasteiger partial charge on any atom is -0.505 e. The molecule has 3 aromatic rings. The molecule has 5 nitrogen and oxygen atoms in total. The zero-order valence-electron chi connectivity index (χ0n) is 13.4. The summed E-state index contributed by atoms with van der Waals surface area (Å²) in [6, 6.07) is 4.09. The maximum atomic E-state index is 10.1. The second-order valence-electron chi connectivity index (χ2n) is 5.28. The first-order valence-corrected chi connectivity index (χ1v) is 9.07. The molecule has 0 fully saturated rings. The molecule has 0 spiro atoms. The van der Waals surface area contributed by atoms with Gasteiger partial charge in [0.2, 0.25) is 0 Å². The SMILES string of the molecule is Cc1nc(-c2ccc(CN=Cc3c(CO)cnc(C)c3O)s2)cs1. The molecule has 3 heterocycles. The van der Waals surface area contributed by atoms with E-state index in [0.717, 1.165) is 20.5 Å². The van der Waals surface area contributed by atoms with Crippen LogP contribution in [0.3, 0.4) is 0 Å². The highest BCUT2D eigenvalue weighted by Crippen LogP contribution is 2.29. The second kappa shape index (κ2) is 7.21. The Labute approximate surface area is 148 Å². The van der Waals surface area contributed by atoms with Gasteiger partial charge in [0.15, 0.2) is 0 Å². The number of nitrogens with zero attached hydrogens (tertiary/aromatic N) is 3. The van der Waals surface area contributed by atoms with E-state index in [9.17, 15) is 10.2 Å². The van der Waals surface area contributed by atoms with E-state index in [2.05, 4.69) is 26.4 Å². The van der Waals surface area contributed by atoms with Crippen molar-refractivity contribution in [1.82, 2.24) is 9.97 Å². The maximum absolute atomic E-state index is 10.1. The largest absolute Gasteiger partial charge is 0.505 e. The van der Waals surface area contributed by atoms with Crippen molar-refractivity contribution in [3.63, 3.8) is 0 Å². The van der Waals surface area contributed by atoms with Crippen LogP contribution in [0.15, 0.2) is 28.7 Å². The lowest BCUT2D eigenvalue weighted by molar-refractivity contribution is 0.280. The fourth-order valence-corrected chi connectivity index (χ4v) is 3.82. The van der Waals surface area contributed by atoms with E-state index in [4.69, 9.17) is 0 Å². The summed E-state index contributed by atoms with van der Waals surface area (Å²) < 4.78 is 0. The van der Waals surface area contributed by atoms with Crippen LogP contribution < -0.4 is 0 Å². The fourth-order valence-electron chi connectivity index (χ4n) is 2.23. The molecule has 0 aliphatic carbocycles. The van der Waals surface area contributed by atoms with Crippen LogP contribution in [0, 0.1) is 13.8 Å². The van der Waals surface area contributed by atoms with Crippen LogP contribution in [0.5, 0.6) is 5.75 Å². The summed E-state index contributed by atoms with van der Waals surface area (Å²) in [6.07, 6.45) is 3.16. The molecule has 0 amide bonds. The number of thiazole rings is 1. The molecule has 0 radical (unpaired) electrons. The summed E-state index contributed by atoms with van der Waals surface area (Å²) >= 11 is 3.30. The summed E-state index contributed by atoms with van der Waals surface area (Å²) in [5.74, 6) is 0.0649. The Morgan fingerprint density at radius 2 is 2.12 bits per heavy atom. The number of aromatic nitrogens is 2. The van der Waals surface area contributed by atoms with Crippen molar-refractivity contribution in [1.29, 1.82) is 0 Å². The summed E-state index contributed by atoms with van der Waals surface area (Å²) in [4.78, 5) is 15.2. The summed E-state index contributed by atoms with van der Waals surface area (Å²) in [5.41, 5.74) is 2.61. The number of aliphatic hydroxyl groups is 1. The molecular weight excluding hydrogens is 342 g/mol. The smallest absolute Gasteiger partial charge is 0.145 e. The van der Waals surface area contributed by atoms with Crippen LogP contribution in [-0.2, 0) is 13.2 Å². The normalized spacial score (nSPS) is 11.5. The summed E-state index contributed by atoms with van der Waals surface area (Å²) in [5, 5.41) is 22.6. The van der Waals surface area contributed by atoms with Crippen LogP contribution in [0.25, 0.3) is 10.6 Å². The molecule has 0 aliphatic heterocycles. The van der Waals surface area contributed by atoms with Gasteiger partial charge in [0, 0.05) is 33.8 Å². The van der Waals surface area contributed by atoms with Gasteiger partial charge in [0.05, 0.1) is 34.4 Å². The molecule has 24 heavy (non-hydrogen) atoms. The third-order valence-corrected chi connectivity index (χ3v) is 5.39. The third-order valence-electron chi connectivity index (χ3n) is 3.53. The van der Waals surface area contributed by atoms with Gasteiger partial charge >= 0.3 is 0 Å². The van der Waals surface area contributed by atoms with Crippen LogP contribution >= 0.6 is 22.7 Å². The lowest BCUT2D eigenvalue weighted by atomic mass is 10.1. The summed E-state index contributed by atoms with van der Waals surface area (Å²) in [7, 11) is 0. The van der Waals surface area contributed by atoms with Crippen molar-refractivity contribution < 1.29 is 10.2 Å². The van der Waals surface area contributed by atoms with Gasteiger partial charge in [0.1, 0.15) is 5.75 Å². The first-order valence-electron chi connectivity index (χ1n) is 7.38. The van der Waals surface area contributed by atoms with Crippen molar-refractivity contribution >= 4 is 28.9 Å². The molecule has 124 valence electrons. The van der Waals surface area contributed by atoms with E-state index in [1.165, 1.54) is 0 Å². The number of pyridine rings is 1. The lowest BCUT2D eigenvalue weighted by Gasteiger charge is -2.06. The Hall–Kier alpha value is -2.09. The average molecular weight is 359 g/mol. The topological polar surface area (TPSA) is 78.6 Å². The minimum absolute atomic E-state index is 0.0649. The maximum Gasteiger partial charge on any atom is 0.145 e. The molecular formula is C17H17N3O2S2. The average Bonchev–Trinajstić information content (AvgIpc) is 3.20. The molecule has 0 saturated carbocycles. The molecule has 0 aliphatic rings. The Morgan fingerprint density at radius 3 is 2.83 bits per heavy atom. The number of hydrogen-bond donors (Lipinski definition) is 2. The van der Waals surface area contributed by atoms with E-state index in [1.54, 1.807) is 42.0 Å². The van der Waals surface area contributed by atoms with Gasteiger partial charge < -0.3 is 10.2 Å². The van der Waals surface area contributed by atoms with Crippen LogP contribution in [0.4, 0.5) is 0 Å². The van der Waals surface area contributed by atoms with Crippen LogP contribution in [-0.4, -0.2) is 26.4 Å². The highest BCUT2D eigenvalue weighted by atomic mass is 32.1. The Bertz CT molecular complexity index is 884. The van der Waals surface area contributed by atoms with Crippen molar-refractivity contribution in [2.75, 3.05) is 0 Å². The van der Waals surface area contributed by atoms with Gasteiger partial charge in [-0.2, -0.15) is 0 Å². The van der Waals surface area contributed by atoms with E-state index in [1.807, 2.05) is 13.0 Å². The zero-order valence-corrected chi connectivity index (χ0v) is 15.0. The third kappa shape index (κ3) is 3.53. The fraction of sp³-hybridized carbons (Fsp3) is 0.235. The van der Waals surface area contributed by atoms with Crippen molar-refractivity contribution in [2.45, 2.75) is 27.0 Å². The standard InChI is InChI=1S/C17H17N3O2S2/c1-10-17(22)14(12(8-21)5-19-10)7-18-6-13-3-4-16(24-13)15-9-23-11(2)20-15/h3-5,7,9,21-22H,6,8H2,1-2H3. The lowest BCUT2D eigenvalue weighted by Crippen LogP contribution is -1.98. The first-order chi connectivity index (χ1) is 11.6. The van der Waals surface area contributed by atoms with E-state index < -0.39 is 0 Å². The molecule has 3 rings (SSSR count). The van der Waals surface area contributed by atoms with E-state index in [-0.39, 0.29) is 12.4 Å². The van der Waals surface area contributed by atoms with Gasteiger partial charge in [-0.05, 0) is 26.0 Å². The van der Waals surface area contributed by atoms with Gasteiger partial charge in [-0.25, -0.2) is 4.98 Å². The van der Waals surface area contributed by atoms with Crippen molar-refractivity contribution in [3.05, 3.63) is 50.4 Å². The molecule has 3 aromatic heterocycles. The monoisotopic (exact) mass is 359 g/mol. The highest BCUT2D eigenvalue weighted by Gasteiger charge is 2.09. The van der Waals surface area contributed by atoms with Gasteiger partial charge in [-0.3, -0.25) is 9.98 Å². The van der Waals surface area contributed by atoms with Crippen molar-refractivity contribution in [3.8, 4) is 16.3 Å². The zero-order chi connectivity index (χ0) is 17.1. The van der Waals surface area contributed by atoms with E-state index >= 15 is 0 Å². The van der Waals surface area contributed by atoms with Gasteiger partial charge in [-0.1, -0.05) is 0 Å². The van der Waals surface area contributed by atoms with E-state index in [0.29, 0.717) is 23.4 Å². The Balaban J connectivity index is 1.76. The predicted octanol–water partition coefficient (Wildman–Crippen LogP) is 3.70. The Kier molecular flexibility index (Phi) is 5.03. The minimum atomic E-state index is -0.186. The molecule has 0 saturated heterocycles. The quantitative estimate of drug-likeness (QED) is 0.681.